The topological polar surface area (TPSA) is 27.3 Å². The maximum absolute atomic E-state index is 3.10. The zero-order chi connectivity index (χ0) is 5.40. The van der Waals surface area contributed by atoms with Crippen molar-refractivity contribution in [2.45, 2.75) is 18.9 Å². The highest BCUT2D eigenvalue weighted by Crippen LogP contribution is 2.15. The first-order valence-corrected chi connectivity index (χ1v) is 3.22. The van der Waals surface area contributed by atoms with Crippen LogP contribution in [0.1, 0.15) is 12.8 Å². The van der Waals surface area contributed by atoms with Gasteiger partial charge in [0.05, 0.1) is 0 Å². The minimum absolute atomic E-state index is 0.787. The third kappa shape index (κ3) is 0.555. The van der Waals surface area contributed by atoms with Gasteiger partial charge in [0.15, 0.2) is 0 Å². The Hall–Kier alpha value is -0.120. The fourth-order valence-electron chi connectivity index (χ4n) is 1.46. The lowest BCUT2D eigenvalue weighted by molar-refractivity contribution is 0.229. The number of hydrogen-bond acceptors (Lipinski definition) is 3. The number of hydrogen-bond donors (Lipinski definition) is 2. The molecule has 3 heteroatoms. The summed E-state index contributed by atoms with van der Waals surface area (Å²) in [4.78, 5) is 0. The monoisotopic (exact) mass is 113 g/mol. The Morgan fingerprint density at radius 2 is 2.50 bits per heavy atom. The van der Waals surface area contributed by atoms with Crippen molar-refractivity contribution >= 4 is 0 Å². The van der Waals surface area contributed by atoms with E-state index in [2.05, 4.69) is 16.0 Å². The SMILES string of the molecule is C1CC2CNNN2C1. The second-order valence-electron chi connectivity index (χ2n) is 2.48. The Morgan fingerprint density at radius 1 is 1.50 bits per heavy atom. The number of rotatable bonds is 0. The second kappa shape index (κ2) is 1.69. The largest absolute Gasteiger partial charge is 0.242 e. The summed E-state index contributed by atoms with van der Waals surface area (Å²) in [7, 11) is 0. The molecule has 0 aromatic carbocycles. The van der Waals surface area contributed by atoms with E-state index in [0.717, 1.165) is 12.6 Å². The summed E-state index contributed by atoms with van der Waals surface area (Å²) < 4.78 is 0. The summed E-state index contributed by atoms with van der Waals surface area (Å²) in [5.74, 6) is 0. The van der Waals surface area contributed by atoms with Crippen LogP contribution in [-0.4, -0.2) is 24.1 Å². The molecule has 0 aliphatic carbocycles. The molecule has 2 aliphatic heterocycles. The smallest absolute Gasteiger partial charge is 0.0396 e. The molecule has 0 spiro atoms. The van der Waals surface area contributed by atoms with E-state index in [4.69, 9.17) is 0 Å². The molecule has 2 rings (SSSR count). The molecule has 0 amide bonds. The van der Waals surface area contributed by atoms with Crippen molar-refractivity contribution < 1.29 is 0 Å². The predicted molar refractivity (Wildman–Crippen MR) is 30.9 cm³/mol. The van der Waals surface area contributed by atoms with Gasteiger partial charge < -0.3 is 0 Å². The van der Waals surface area contributed by atoms with E-state index in [1.54, 1.807) is 0 Å². The van der Waals surface area contributed by atoms with Gasteiger partial charge in [-0.3, -0.25) is 0 Å². The highest BCUT2D eigenvalue weighted by Gasteiger charge is 2.27. The molecular weight excluding hydrogens is 102 g/mol. The molecular formula is C5H11N3. The summed E-state index contributed by atoms with van der Waals surface area (Å²) in [6.07, 6.45) is 2.72. The first-order chi connectivity index (χ1) is 3.97. The Morgan fingerprint density at radius 3 is 3.38 bits per heavy atom. The summed E-state index contributed by atoms with van der Waals surface area (Å²) in [6.45, 7) is 2.34. The average molecular weight is 113 g/mol. The van der Waals surface area contributed by atoms with Crippen molar-refractivity contribution in [3.05, 3.63) is 0 Å². The second-order valence-corrected chi connectivity index (χ2v) is 2.48. The molecule has 0 radical (unpaired) electrons. The van der Waals surface area contributed by atoms with Crippen molar-refractivity contribution in [1.29, 1.82) is 0 Å². The zero-order valence-corrected chi connectivity index (χ0v) is 4.85. The Kier molecular flexibility index (Phi) is 0.997. The van der Waals surface area contributed by atoms with Crippen molar-refractivity contribution in [2.75, 3.05) is 13.1 Å². The first-order valence-electron chi connectivity index (χ1n) is 3.22. The van der Waals surface area contributed by atoms with Crippen molar-refractivity contribution in [3.8, 4) is 0 Å². The van der Waals surface area contributed by atoms with Crippen LogP contribution in [-0.2, 0) is 0 Å². The third-order valence-corrected chi connectivity index (χ3v) is 1.94. The van der Waals surface area contributed by atoms with Gasteiger partial charge in [-0.15, -0.1) is 0 Å². The van der Waals surface area contributed by atoms with E-state index in [-0.39, 0.29) is 0 Å². The number of nitrogens with zero attached hydrogens (tertiary/aromatic N) is 1. The summed E-state index contributed by atoms with van der Waals surface area (Å²) in [5, 5.41) is 2.28. The molecule has 0 saturated carbocycles. The molecule has 2 saturated heterocycles. The third-order valence-electron chi connectivity index (χ3n) is 1.94. The van der Waals surface area contributed by atoms with Gasteiger partial charge >= 0.3 is 0 Å². The highest BCUT2D eigenvalue weighted by molar-refractivity contribution is 4.80. The van der Waals surface area contributed by atoms with Gasteiger partial charge in [-0.25, -0.2) is 10.4 Å². The Labute approximate surface area is 49.0 Å². The van der Waals surface area contributed by atoms with Gasteiger partial charge in [0.2, 0.25) is 0 Å². The fraction of sp³-hybridized carbons (Fsp3) is 1.00. The molecule has 2 fully saturated rings. The molecule has 1 atom stereocenters. The zero-order valence-electron chi connectivity index (χ0n) is 4.85. The normalized spacial score (nSPS) is 38.2. The van der Waals surface area contributed by atoms with Crippen LogP contribution in [0.4, 0.5) is 0 Å². The van der Waals surface area contributed by atoms with Crippen LogP contribution < -0.4 is 11.0 Å². The maximum atomic E-state index is 3.10. The number of nitrogens with one attached hydrogen (secondary N) is 2. The van der Waals surface area contributed by atoms with E-state index >= 15 is 0 Å². The van der Waals surface area contributed by atoms with Crippen LogP contribution in [0, 0.1) is 0 Å². The van der Waals surface area contributed by atoms with E-state index in [9.17, 15) is 0 Å². The molecule has 0 bridgehead atoms. The summed E-state index contributed by atoms with van der Waals surface area (Å²) >= 11 is 0. The van der Waals surface area contributed by atoms with E-state index in [1.807, 2.05) is 0 Å². The van der Waals surface area contributed by atoms with Crippen LogP contribution in [0.3, 0.4) is 0 Å². The fourth-order valence-corrected chi connectivity index (χ4v) is 1.46. The maximum Gasteiger partial charge on any atom is 0.0396 e. The van der Waals surface area contributed by atoms with Crippen LogP contribution in [0.5, 0.6) is 0 Å². The van der Waals surface area contributed by atoms with Crippen LogP contribution >= 0.6 is 0 Å². The highest BCUT2D eigenvalue weighted by atomic mass is 15.7. The van der Waals surface area contributed by atoms with Gasteiger partial charge in [-0.2, -0.15) is 5.53 Å². The van der Waals surface area contributed by atoms with Gasteiger partial charge in [0.25, 0.3) is 0 Å². The lowest BCUT2D eigenvalue weighted by Crippen LogP contribution is -2.36. The molecule has 1 unspecified atom stereocenters. The lowest BCUT2D eigenvalue weighted by Gasteiger charge is -2.10. The summed E-state index contributed by atoms with van der Waals surface area (Å²) in [6, 6.07) is 0.787. The molecule has 2 N–H and O–H groups in total. The van der Waals surface area contributed by atoms with E-state index in [0.29, 0.717) is 0 Å². The van der Waals surface area contributed by atoms with Gasteiger partial charge in [0.1, 0.15) is 0 Å². The lowest BCUT2D eigenvalue weighted by atomic mass is 10.2. The number of hydrazine groups is 2. The van der Waals surface area contributed by atoms with Gasteiger partial charge in [-0.1, -0.05) is 0 Å². The van der Waals surface area contributed by atoms with Crippen molar-refractivity contribution in [1.82, 2.24) is 16.0 Å². The predicted octanol–water partition coefficient (Wildman–Crippen LogP) is -0.526. The minimum Gasteiger partial charge on any atom is -0.242 e. The van der Waals surface area contributed by atoms with E-state index < -0.39 is 0 Å². The summed E-state index contributed by atoms with van der Waals surface area (Å²) in [5.41, 5.74) is 6.20. The Balaban J connectivity index is 2.04. The van der Waals surface area contributed by atoms with Crippen molar-refractivity contribution in [2.24, 2.45) is 0 Å². The molecule has 2 aliphatic rings. The van der Waals surface area contributed by atoms with Crippen LogP contribution in [0.15, 0.2) is 0 Å². The molecule has 3 nitrogen and oxygen atoms in total. The molecule has 0 aromatic heterocycles. The van der Waals surface area contributed by atoms with E-state index in [1.165, 1.54) is 19.4 Å². The standard InChI is InChI=1S/C5H11N3/c1-2-5-4-6-7-8(5)3-1/h5-7H,1-4H2. The minimum atomic E-state index is 0.787. The van der Waals surface area contributed by atoms with Gasteiger partial charge in [0, 0.05) is 19.1 Å². The Bertz CT molecular complexity index is 73.7. The van der Waals surface area contributed by atoms with Crippen LogP contribution in [0.2, 0.25) is 0 Å². The average Bonchev–Trinajstić information content (AvgIpc) is 2.15. The molecule has 8 heavy (non-hydrogen) atoms. The quantitative estimate of drug-likeness (QED) is 0.442. The number of fused-ring (bicyclic) bond motifs is 1. The molecule has 46 valence electrons. The van der Waals surface area contributed by atoms with Gasteiger partial charge in [-0.05, 0) is 12.8 Å². The van der Waals surface area contributed by atoms with Crippen molar-refractivity contribution in [3.63, 3.8) is 0 Å². The molecule has 2 heterocycles. The molecule has 0 aromatic rings. The first kappa shape index (κ1) is 4.73. The van der Waals surface area contributed by atoms with Crippen LogP contribution in [0.25, 0.3) is 0 Å².